The Kier molecular flexibility index (Phi) is 3.21. The van der Waals surface area contributed by atoms with E-state index < -0.39 is 5.97 Å². The maximum absolute atomic E-state index is 11.2. The lowest BCUT2D eigenvalue weighted by molar-refractivity contribution is -0.119. The van der Waals surface area contributed by atoms with Crippen molar-refractivity contribution in [1.82, 2.24) is 19.8 Å². The Morgan fingerprint density at radius 3 is 2.95 bits per heavy atom. The van der Waals surface area contributed by atoms with Crippen LogP contribution in [0.1, 0.15) is 34.8 Å². The molecule has 0 saturated carbocycles. The lowest BCUT2D eigenvalue weighted by Gasteiger charge is -2.28. The second-order valence-electron chi connectivity index (χ2n) is 5.48. The van der Waals surface area contributed by atoms with Crippen molar-refractivity contribution in [3.63, 3.8) is 0 Å². The summed E-state index contributed by atoms with van der Waals surface area (Å²) in [5, 5.41) is 12.1. The van der Waals surface area contributed by atoms with Crippen LogP contribution in [0.4, 0.5) is 0 Å². The number of carbonyl (C=O) groups is 2. The zero-order chi connectivity index (χ0) is 14.3. The first kappa shape index (κ1) is 13.1. The van der Waals surface area contributed by atoms with Gasteiger partial charge in [0.05, 0.1) is 5.69 Å². The molecular weight excluding hydrogens is 260 g/mol. The van der Waals surface area contributed by atoms with Gasteiger partial charge in [0, 0.05) is 51.3 Å². The van der Waals surface area contributed by atoms with E-state index in [4.69, 9.17) is 5.11 Å². The van der Waals surface area contributed by atoms with Crippen LogP contribution in [0, 0.1) is 0 Å². The summed E-state index contributed by atoms with van der Waals surface area (Å²) >= 11 is 0. The van der Waals surface area contributed by atoms with Crippen molar-refractivity contribution in [2.45, 2.75) is 31.8 Å². The average Bonchev–Trinajstić information content (AvgIpc) is 2.94. The normalized spacial score (nSPS) is 22.6. The van der Waals surface area contributed by atoms with Crippen LogP contribution in [0.15, 0.2) is 0 Å². The van der Waals surface area contributed by atoms with Crippen LogP contribution in [-0.4, -0.2) is 50.6 Å². The van der Waals surface area contributed by atoms with Crippen molar-refractivity contribution in [2.75, 3.05) is 13.1 Å². The number of carboxylic acids is 1. The van der Waals surface area contributed by atoms with E-state index in [-0.39, 0.29) is 17.8 Å². The van der Waals surface area contributed by atoms with Crippen LogP contribution in [0.3, 0.4) is 0 Å². The molecule has 0 unspecified atom stereocenters. The molecule has 2 aliphatic heterocycles. The Balaban J connectivity index is 1.70. The highest BCUT2D eigenvalue weighted by Gasteiger charge is 2.28. The summed E-state index contributed by atoms with van der Waals surface area (Å²) in [6.07, 6.45) is 2.29. The molecule has 3 heterocycles. The van der Waals surface area contributed by atoms with Crippen LogP contribution in [-0.2, 0) is 24.8 Å². The van der Waals surface area contributed by atoms with E-state index in [9.17, 15) is 9.59 Å². The minimum atomic E-state index is -0.989. The molecule has 108 valence electrons. The van der Waals surface area contributed by atoms with Gasteiger partial charge in [-0.3, -0.25) is 9.69 Å². The molecule has 0 bridgehead atoms. The standard InChI is InChI=1S/C13H18N4O3/c1-16-10-4-5-17(6-8-2-3-11(18)14-8)7-9(10)15-12(16)13(19)20/h8H,2-7H2,1H3,(H,14,18)(H,19,20)/t8-/m0/s1. The van der Waals surface area contributed by atoms with Crippen LogP contribution < -0.4 is 5.32 Å². The SMILES string of the molecule is Cn1c(C(=O)O)nc2c1CCN(C[C@@H]1CCC(=O)N1)C2. The minimum Gasteiger partial charge on any atom is -0.475 e. The number of aromatic nitrogens is 2. The number of nitrogens with one attached hydrogen (secondary N) is 1. The fourth-order valence-corrected chi connectivity index (χ4v) is 3.06. The molecule has 0 aromatic carbocycles. The number of carboxylic acid groups (broad SMARTS) is 1. The molecule has 1 aromatic rings. The molecule has 1 atom stereocenters. The van der Waals surface area contributed by atoms with E-state index in [0.29, 0.717) is 13.0 Å². The molecule has 1 saturated heterocycles. The van der Waals surface area contributed by atoms with E-state index in [2.05, 4.69) is 15.2 Å². The highest BCUT2D eigenvalue weighted by Crippen LogP contribution is 2.20. The van der Waals surface area contributed by atoms with Crippen molar-refractivity contribution in [3.8, 4) is 0 Å². The van der Waals surface area contributed by atoms with Crippen LogP contribution in [0.5, 0.6) is 0 Å². The summed E-state index contributed by atoms with van der Waals surface area (Å²) in [6, 6.07) is 0.215. The third-order valence-corrected chi connectivity index (χ3v) is 4.09. The van der Waals surface area contributed by atoms with Gasteiger partial charge in [0.25, 0.3) is 0 Å². The monoisotopic (exact) mass is 278 g/mol. The molecule has 2 N–H and O–H groups in total. The van der Waals surface area contributed by atoms with E-state index in [1.807, 2.05) is 0 Å². The van der Waals surface area contributed by atoms with Crippen LogP contribution in [0.2, 0.25) is 0 Å². The molecule has 20 heavy (non-hydrogen) atoms. The molecule has 2 aliphatic rings. The number of hydrogen-bond donors (Lipinski definition) is 2. The van der Waals surface area contributed by atoms with E-state index in [1.54, 1.807) is 11.6 Å². The minimum absolute atomic E-state index is 0.103. The fourth-order valence-electron chi connectivity index (χ4n) is 3.06. The van der Waals surface area contributed by atoms with Gasteiger partial charge in [-0.2, -0.15) is 0 Å². The van der Waals surface area contributed by atoms with Gasteiger partial charge in [0.15, 0.2) is 0 Å². The topological polar surface area (TPSA) is 87.5 Å². The molecular formula is C13H18N4O3. The molecule has 3 rings (SSSR count). The number of carbonyl (C=O) groups excluding carboxylic acids is 1. The summed E-state index contributed by atoms with van der Waals surface area (Å²) in [5.74, 6) is -0.763. The summed E-state index contributed by atoms with van der Waals surface area (Å²) in [4.78, 5) is 28.8. The van der Waals surface area contributed by atoms with Gasteiger partial charge >= 0.3 is 5.97 Å². The number of hydrogen-bond acceptors (Lipinski definition) is 4. The second-order valence-corrected chi connectivity index (χ2v) is 5.48. The van der Waals surface area contributed by atoms with Gasteiger partial charge < -0.3 is 15.0 Å². The first-order chi connectivity index (χ1) is 9.54. The summed E-state index contributed by atoms with van der Waals surface area (Å²) in [7, 11) is 1.75. The van der Waals surface area contributed by atoms with Gasteiger partial charge in [-0.25, -0.2) is 9.78 Å². The smallest absolute Gasteiger partial charge is 0.372 e. The molecule has 1 amide bonds. The van der Waals surface area contributed by atoms with E-state index >= 15 is 0 Å². The van der Waals surface area contributed by atoms with Gasteiger partial charge in [0.2, 0.25) is 11.7 Å². The van der Waals surface area contributed by atoms with Gasteiger partial charge in [-0.15, -0.1) is 0 Å². The van der Waals surface area contributed by atoms with E-state index in [1.165, 1.54) is 0 Å². The molecule has 7 nitrogen and oxygen atoms in total. The summed E-state index contributed by atoms with van der Waals surface area (Å²) in [5.41, 5.74) is 1.86. The third-order valence-electron chi connectivity index (χ3n) is 4.09. The Morgan fingerprint density at radius 1 is 1.50 bits per heavy atom. The van der Waals surface area contributed by atoms with Crippen molar-refractivity contribution in [2.24, 2.45) is 7.05 Å². The van der Waals surface area contributed by atoms with Gasteiger partial charge in [0.1, 0.15) is 0 Å². The van der Waals surface area contributed by atoms with Crippen molar-refractivity contribution in [1.29, 1.82) is 0 Å². The Labute approximate surface area is 116 Å². The number of imidazole rings is 1. The number of fused-ring (bicyclic) bond motifs is 1. The maximum atomic E-state index is 11.2. The molecule has 0 radical (unpaired) electrons. The quantitative estimate of drug-likeness (QED) is 0.796. The number of rotatable bonds is 3. The molecule has 7 heteroatoms. The average molecular weight is 278 g/mol. The zero-order valence-electron chi connectivity index (χ0n) is 11.4. The predicted molar refractivity (Wildman–Crippen MR) is 70.3 cm³/mol. The Bertz CT molecular complexity index is 566. The summed E-state index contributed by atoms with van der Waals surface area (Å²) in [6.45, 7) is 2.34. The maximum Gasteiger partial charge on any atom is 0.372 e. The van der Waals surface area contributed by atoms with Crippen molar-refractivity contribution < 1.29 is 14.7 Å². The highest BCUT2D eigenvalue weighted by molar-refractivity contribution is 5.83. The van der Waals surface area contributed by atoms with Gasteiger partial charge in [-0.05, 0) is 6.42 Å². The Hall–Kier alpha value is -1.89. The third kappa shape index (κ3) is 2.29. The summed E-state index contributed by atoms with van der Waals surface area (Å²) < 4.78 is 1.67. The number of amides is 1. The van der Waals surface area contributed by atoms with Crippen LogP contribution >= 0.6 is 0 Å². The largest absolute Gasteiger partial charge is 0.475 e. The first-order valence-corrected chi connectivity index (χ1v) is 6.84. The lowest BCUT2D eigenvalue weighted by atomic mass is 10.1. The second kappa shape index (κ2) is 4.90. The Morgan fingerprint density at radius 2 is 2.30 bits per heavy atom. The molecule has 0 aliphatic carbocycles. The molecule has 0 spiro atoms. The first-order valence-electron chi connectivity index (χ1n) is 6.84. The predicted octanol–water partition coefficient (Wildman–Crippen LogP) is -0.245. The van der Waals surface area contributed by atoms with E-state index in [0.717, 1.165) is 37.3 Å². The number of aromatic carboxylic acids is 1. The highest BCUT2D eigenvalue weighted by atomic mass is 16.4. The van der Waals surface area contributed by atoms with Crippen molar-refractivity contribution in [3.05, 3.63) is 17.2 Å². The van der Waals surface area contributed by atoms with Crippen LogP contribution in [0.25, 0.3) is 0 Å². The van der Waals surface area contributed by atoms with Gasteiger partial charge in [-0.1, -0.05) is 0 Å². The number of nitrogens with zero attached hydrogens (tertiary/aromatic N) is 3. The van der Waals surface area contributed by atoms with Crippen molar-refractivity contribution >= 4 is 11.9 Å². The zero-order valence-corrected chi connectivity index (χ0v) is 11.4. The molecule has 1 fully saturated rings. The fraction of sp³-hybridized carbons (Fsp3) is 0.615. The molecule has 1 aromatic heterocycles. The lowest BCUT2D eigenvalue weighted by Crippen LogP contribution is -2.41.